The van der Waals surface area contributed by atoms with Crippen LogP contribution in [0.25, 0.3) is 6.08 Å². The topological polar surface area (TPSA) is 24.9 Å². The molecule has 2 nitrogen and oxygen atoms in total. The van der Waals surface area contributed by atoms with Crippen LogP contribution >= 0.6 is 11.6 Å². The van der Waals surface area contributed by atoms with E-state index < -0.39 is 23.5 Å². The Hall–Kier alpha value is -2.22. The van der Waals surface area contributed by atoms with Crippen molar-refractivity contribution < 1.29 is 26.3 Å². The Balaban J connectivity index is 2.13. The van der Waals surface area contributed by atoms with Crippen molar-refractivity contribution in [1.29, 1.82) is 0 Å². The van der Waals surface area contributed by atoms with Crippen LogP contribution < -0.4 is 5.32 Å². The molecule has 1 N–H and O–H groups in total. The third-order valence-electron chi connectivity index (χ3n) is 2.88. The van der Waals surface area contributed by atoms with Crippen LogP contribution in [-0.2, 0) is 12.4 Å². The van der Waals surface area contributed by atoms with Crippen molar-refractivity contribution >= 4 is 23.4 Å². The molecule has 0 spiro atoms. The number of halogens is 7. The Labute approximate surface area is 137 Å². The van der Waals surface area contributed by atoms with E-state index in [-0.39, 0.29) is 16.4 Å². The molecule has 9 heteroatoms. The van der Waals surface area contributed by atoms with E-state index in [0.717, 1.165) is 18.2 Å². The molecule has 1 aromatic heterocycles. The number of hydrogen-bond donors (Lipinski definition) is 1. The molecule has 0 bridgehead atoms. The molecule has 0 aliphatic heterocycles. The first-order chi connectivity index (χ1) is 11.1. The van der Waals surface area contributed by atoms with Gasteiger partial charge in [0.15, 0.2) is 0 Å². The Morgan fingerprint density at radius 3 is 2.21 bits per heavy atom. The van der Waals surface area contributed by atoms with Crippen LogP contribution in [0.15, 0.2) is 42.7 Å². The van der Waals surface area contributed by atoms with Gasteiger partial charge >= 0.3 is 12.4 Å². The standard InChI is InChI=1S/C15H9ClF6N2/c16-12-7-10(15(20,21)22)8-24-13(12)4-5-23-11-3-1-2-9(6-11)14(17,18)19/h1-8,23H. The van der Waals surface area contributed by atoms with Crippen molar-refractivity contribution in [2.45, 2.75) is 12.4 Å². The van der Waals surface area contributed by atoms with Gasteiger partial charge in [-0.3, -0.25) is 4.98 Å². The number of hydrogen-bond acceptors (Lipinski definition) is 2. The summed E-state index contributed by atoms with van der Waals surface area (Å²) in [5, 5.41) is 2.35. The van der Waals surface area contributed by atoms with E-state index in [2.05, 4.69) is 10.3 Å². The number of pyridine rings is 1. The third-order valence-corrected chi connectivity index (χ3v) is 3.18. The van der Waals surface area contributed by atoms with Gasteiger partial charge in [0.2, 0.25) is 0 Å². The number of aromatic nitrogens is 1. The van der Waals surface area contributed by atoms with Crippen LogP contribution in [0.2, 0.25) is 5.02 Å². The molecule has 0 atom stereocenters. The maximum absolute atomic E-state index is 12.6. The number of rotatable bonds is 3. The Bertz CT molecular complexity index is 752. The zero-order chi connectivity index (χ0) is 18.0. The van der Waals surface area contributed by atoms with Crippen LogP contribution in [0, 0.1) is 0 Å². The van der Waals surface area contributed by atoms with Gasteiger partial charge in [0.1, 0.15) is 0 Å². The second-order valence-corrected chi connectivity index (χ2v) is 5.05. The minimum atomic E-state index is -4.56. The quantitative estimate of drug-likeness (QED) is 0.689. The van der Waals surface area contributed by atoms with E-state index in [1.54, 1.807) is 0 Å². The highest BCUT2D eigenvalue weighted by Gasteiger charge is 2.31. The minimum absolute atomic E-state index is 0.0455. The highest BCUT2D eigenvalue weighted by atomic mass is 35.5. The number of alkyl halides is 6. The van der Waals surface area contributed by atoms with Crippen LogP contribution in [-0.4, -0.2) is 4.98 Å². The fourth-order valence-corrected chi connectivity index (χ4v) is 1.96. The van der Waals surface area contributed by atoms with Crippen LogP contribution in [0.1, 0.15) is 16.8 Å². The average molecular weight is 367 g/mol. The molecule has 2 aromatic rings. The molecule has 24 heavy (non-hydrogen) atoms. The highest BCUT2D eigenvalue weighted by molar-refractivity contribution is 6.31. The second-order valence-electron chi connectivity index (χ2n) is 4.65. The monoisotopic (exact) mass is 366 g/mol. The van der Waals surface area contributed by atoms with Gasteiger partial charge < -0.3 is 5.32 Å². The first-order valence-electron chi connectivity index (χ1n) is 6.40. The molecule has 2 rings (SSSR count). The van der Waals surface area contributed by atoms with Crippen molar-refractivity contribution in [3.63, 3.8) is 0 Å². The lowest BCUT2D eigenvalue weighted by molar-refractivity contribution is -0.138. The molecule has 1 heterocycles. The minimum Gasteiger partial charge on any atom is -0.362 e. The molecule has 0 fully saturated rings. The summed E-state index contributed by atoms with van der Waals surface area (Å²) in [6, 6.07) is 5.16. The van der Waals surface area contributed by atoms with Gasteiger partial charge in [-0.05, 0) is 30.3 Å². The van der Waals surface area contributed by atoms with Crippen molar-refractivity contribution in [3.8, 4) is 0 Å². The molecule has 128 valence electrons. The van der Waals surface area contributed by atoms with Crippen molar-refractivity contribution in [2.75, 3.05) is 5.32 Å². The highest BCUT2D eigenvalue weighted by Crippen LogP contribution is 2.32. The molecule has 0 radical (unpaired) electrons. The van der Waals surface area contributed by atoms with Gasteiger partial charge in [-0.15, -0.1) is 0 Å². The fourth-order valence-electron chi connectivity index (χ4n) is 1.73. The first kappa shape index (κ1) is 18.1. The predicted molar refractivity (Wildman–Crippen MR) is 78.3 cm³/mol. The Morgan fingerprint density at radius 1 is 0.958 bits per heavy atom. The summed E-state index contributed by atoms with van der Waals surface area (Å²) >= 11 is 5.71. The summed E-state index contributed by atoms with van der Waals surface area (Å²) < 4.78 is 75.2. The first-order valence-corrected chi connectivity index (χ1v) is 6.78. The number of anilines is 1. The molecule has 0 aliphatic rings. The van der Waals surface area contributed by atoms with Gasteiger partial charge in [0.25, 0.3) is 0 Å². The van der Waals surface area contributed by atoms with E-state index in [1.165, 1.54) is 24.4 Å². The second kappa shape index (κ2) is 6.72. The zero-order valence-corrected chi connectivity index (χ0v) is 12.5. The van der Waals surface area contributed by atoms with Crippen molar-refractivity contribution in [1.82, 2.24) is 4.98 Å². The number of benzene rings is 1. The van der Waals surface area contributed by atoms with Crippen LogP contribution in [0.3, 0.4) is 0 Å². The summed E-state index contributed by atoms with van der Waals surface area (Å²) in [5.41, 5.74) is -1.62. The van der Waals surface area contributed by atoms with E-state index in [9.17, 15) is 26.3 Å². The number of nitrogens with zero attached hydrogens (tertiary/aromatic N) is 1. The Kier molecular flexibility index (Phi) is 5.08. The van der Waals surface area contributed by atoms with Crippen molar-refractivity contribution in [2.24, 2.45) is 0 Å². The van der Waals surface area contributed by atoms with Gasteiger partial charge in [-0.25, -0.2) is 0 Å². The SMILES string of the molecule is FC(F)(F)c1cccc(NC=Cc2ncc(C(F)(F)F)cc2Cl)c1. The lowest BCUT2D eigenvalue weighted by Crippen LogP contribution is -2.06. The summed E-state index contributed by atoms with van der Waals surface area (Å²) in [7, 11) is 0. The summed E-state index contributed by atoms with van der Waals surface area (Å²) in [4.78, 5) is 3.57. The van der Waals surface area contributed by atoms with Gasteiger partial charge in [0, 0.05) is 18.1 Å². The summed E-state index contributed by atoms with van der Waals surface area (Å²) in [5.74, 6) is 0. The molecular weight excluding hydrogens is 358 g/mol. The molecule has 0 saturated carbocycles. The smallest absolute Gasteiger partial charge is 0.362 e. The third kappa shape index (κ3) is 4.64. The van der Waals surface area contributed by atoms with E-state index in [1.807, 2.05) is 0 Å². The molecule has 0 unspecified atom stereocenters. The van der Waals surface area contributed by atoms with Crippen LogP contribution in [0.5, 0.6) is 0 Å². The van der Waals surface area contributed by atoms with E-state index >= 15 is 0 Å². The summed E-state index contributed by atoms with van der Waals surface area (Å²) in [6.45, 7) is 0. The van der Waals surface area contributed by atoms with Gasteiger partial charge in [0.05, 0.1) is 21.8 Å². The predicted octanol–water partition coefficient (Wildman–Crippen LogP) is 5.86. The van der Waals surface area contributed by atoms with Gasteiger partial charge in [-0.1, -0.05) is 17.7 Å². The van der Waals surface area contributed by atoms with Crippen molar-refractivity contribution in [3.05, 3.63) is 64.6 Å². The molecule has 0 saturated heterocycles. The zero-order valence-electron chi connectivity index (χ0n) is 11.7. The lowest BCUT2D eigenvalue weighted by Gasteiger charge is -2.09. The van der Waals surface area contributed by atoms with E-state index in [0.29, 0.717) is 6.20 Å². The van der Waals surface area contributed by atoms with Gasteiger partial charge in [-0.2, -0.15) is 26.3 Å². The normalized spacial score (nSPS) is 12.6. The molecule has 1 aromatic carbocycles. The maximum Gasteiger partial charge on any atom is 0.417 e. The molecular formula is C15H9ClF6N2. The number of nitrogens with one attached hydrogen (secondary N) is 1. The van der Waals surface area contributed by atoms with Crippen LogP contribution in [0.4, 0.5) is 32.0 Å². The molecule has 0 amide bonds. The maximum atomic E-state index is 12.6. The Morgan fingerprint density at radius 2 is 1.62 bits per heavy atom. The average Bonchev–Trinajstić information content (AvgIpc) is 2.47. The largest absolute Gasteiger partial charge is 0.417 e. The lowest BCUT2D eigenvalue weighted by atomic mass is 10.2. The fraction of sp³-hybridized carbons (Fsp3) is 0.133. The molecule has 0 aliphatic carbocycles. The summed E-state index contributed by atoms with van der Waals surface area (Å²) in [6.07, 6.45) is -5.93. The van der Waals surface area contributed by atoms with E-state index in [4.69, 9.17) is 11.6 Å².